The van der Waals surface area contributed by atoms with Gasteiger partial charge in [-0.25, -0.2) is 4.39 Å². The Hall–Kier alpha value is -1.57. The topological polar surface area (TPSA) is 62.8 Å². The predicted molar refractivity (Wildman–Crippen MR) is 110 cm³/mol. The van der Waals surface area contributed by atoms with Gasteiger partial charge in [-0.3, -0.25) is 0 Å². The van der Waals surface area contributed by atoms with Crippen LogP contribution in [0.25, 0.3) is 0 Å². The van der Waals surface area contributed by atoms with Gasteiger partial charge in [0.25, 0.3) is 0 Å². The monoisotopic (exact) mass is 420 g/mol. The number of aliphatic hydroxyl groups excluding tert-OH is 1. The second kappa shape index (κ2) is 14.5. The van der Waals surface area contributed by atoms with Crippen LogP contribution in [-0.2, 0) is 13.2 Å². The molecule has 0 spiro atoms. The summed E-state index contributed by atoms with van der Waals surface area (Å²) in [5, 5.41) is 15.2. The summed E-state index contributed by atoms with van der Waals surface area (Å²) in [4.78, 5) is 0. The van der Waals surface area contributed by atoms with Gasteiger partial charge in [0.15, 0.2) is 11.5 Å². The lowest BCUT2D eigenvalue weighted by atomic mass is 10.1. The van der Waals surface area contributed by atoms with Crippen LogP contribution in [0.2, 0.25) is 0 Å². The van der Waals surface area contributed by atoms with Gasteiger partial charge in [-0.1, -0.05) is 24.3 Å². The van der Waals surface area contributed by atoms with Crippen LogP contribution < -0.4 is 20.1 Å². The van der Waals surface area contributed by atoms with Gasteiger partial charge in [-0.2, -0.15) is 0 Å². The first kappa shape index (κ1) is 25.4. The zero-order valence-electron chi connectivity index (χ0n) is 15.2. The van der Waals surface area contributed by atoms with Crippen LogP contribution in [0.1, 0.15) is 11.1 Å². The van der Waals surface area contributed by atoms with Crippen LogP contribution >= 0.6 is 24.8 Å². The van der Waals surface area contributed by atoms with E-state index < -0.39 is 0 Å². The highest BCUT2D eigenvalue weighted by Gasteiger charge is 2.10. The van der Waals surface area contributed by atoms with Crippen molar-refractivity contribution >= 4 is 24.8 Å². The number of halogens is 3. The highest BCUT2D eigenvalue weighted by molar-refractivity contribution is 5.85. The van der Waals surface area contributed by atoms with E-state index in [4.69, 9.17) is 14.6 Å². The van der Waals surface area contributed by atoms with E-state index >= 15 is 0 Å². The third-order valence-electron chi connectivity index (χ3n) is 3.66. The van der Waals surface area contributed by atoms with E-state index in [0.717, 1.165) is 24.2 Å². The number of benzene rings is 2. The predicted octanol–water partition coefficient (Wildman–Crippen LogP) is 2.93. The zero-order chi connectivity index (χ0) is 17.9. The molecule has 0 unspecified atom stereocenters. The molecule has 2 aromatic carbocycles. The summed E-state index contributed by atoms with van der Waals surface area (Å²) in [6, 6.07) is 12.0. The third-order valence-corrected chi connectivity index (χ3v) is 3.66. The highest BCUT2D eigenvalue weighted by Crippen LogP contribution is 2.31. The van der Waals surface area contributed by atoms with Crippen LogP contribution in [0, 0.1) is 5.82 Å². The Kier molecular flexibility index (Phi) is 13.6. The number of hydrogen-bond donors (Lipinski definition) is 3. The molecule has 3 N–H and O–H groups in total. The molecule has 5 nitrogen and oxygen atoms in total. The first-order valence-corrected chi connectivity index (χ1v) is 8.30. The molecule has 2 rings (SSSR count). The molecule has 0 atom stereocenters. The van der Waals surface area contributed by atoms with E-state index in [-0.39, 0.29) is 37.2 Å². The number of nitrogens with one attached hydrogen (secondary N) is 2. The molecule has 0 bridgehead atoms. The molecule has 8 heteroatoms. The SMILES string of the molecule is COc1cccc(CNCCNCCO)c1OCc1ccc(F)cc1.Cl.Cl. The molecular formula is C19H27Cl2FN2O3. The molecular weight excluding hydrogens is 394 g/mol. The summed E-state index contributed by atoms with van der Waals surface area (Å²) in [7, 11) is 1.61. The van der Waals surface area contributed by atoms with Gasteiger partial charge in [0.05, 0.1) is 13.7 Å². The molecule has 0 aliphatic carbocycles. The summed E-state index contributed by atoms with van der Waals surface area (Å²) in [5.41, 5.74) is 1.88. The van der Waals surface area contributed by atoms with Gasteiger partial charge in [-0.05, 0) is 23.8 Å². The van der Waals surface area contributed by atoms with Crippen LogP contribution in [-0.4, -0.2) is 38.5 Å². The van der Waals surface area contributed by atoms with Crippen molar-refractivity contribution in [3.05, 3.63) is 59.4 Å². The lowest BCUT2D eigenvalue weighted by Gasteiger charge is -2.16. The zero-order valence-corrected chi connectivity index (χ0v) is 16.9. The Bertz CT molecular complexity index is 645. The summed E-state index contributed by atoms with van der Waals surface area (Å²) >= 11 is 0. The number of aliphatic hydroxyl groups is 1. The molecule has 0 aromatic heterocycles. The van der Waals surface area contributed by atoms with Crippen LogP contribution in [0.15, 0.2) is 42.5 Å². The van der Waals surface area contributed by atoms with Crippen molar-refractivity contribution in [2.45, 2.75) is 13.2 Å². The van der Waals surface area contributed by atoms with E-state index in [9.17, 15) is 4.39 Å². The summed E-state index contributed by atoms with van der Waals surface area (Å²) < 4.78 is 24.3. The third kappa shape index (κ3) is 8.77. The first-order chi connectivity index (χ1) is 12.2. The molecule has 2 aromatic rings. The van der Waals surface area contributed by atoms with Crippen LogP contribution in [0.3, 0.4) is 0 Å². The smallest absolute Gasteiger partial charge is 0.166 e. The minimum Gasteiger partial charge on any atom is -0.493 e. The van der Waals surface area contributed by atoms with E-state index in [0.29, 0.717) is 31.2 Å². The Labute approximate surface area is 172 Å². The van der Waals surface area contributed by atoms with Crippen molar-refractivity contribution in [2.24, 2.45) is 0 Å². The van der Waals surface area contributed by atoms with Gasteiger partial charge < -0.3 is 25.2 Å². The molecule has 0 saturated heterocycles. The van der Waals surface area contributed by atoms with Gasteiger partial charge in [-0.15, -0.1) is 24.8 Å². The number of ether oxygens (including phenoxy) is 2. The molecule has 0 amide bonds. The maximum Gasteiger partial charge on any atom is 0.166 e. The van der Waals surface area contributed by atoms with Crippen molar-refractivity contribution in [2.75, 3.05) is 33.4 Å². The fraction of sp³-hybridized carbons (Fsp3) is 0.368. The van der Waals surface area contributed by atoms with Crippen LogP contribution in [0.5, 0.6) is 11.5 Å². The molecule has 0 heterocycles. The van der Waals surface area contributed by atoms with Crippen molar-refractivity contribution in [1.82, 2.24) is 10.6 Å². The molecule has 0 radical (unpaired) electrons. The summed E-state index contributed by atoms with van der Waals surface area (Å²) in [6.07, 6.45) is 0. The maximum atomic E-state index is 13.0. The normalized spacial score (nSPS) is 9.89. The number of rotatable bonds is 11. The molecule has 27 heavy (non-hydrogen) atoms. The Balaban J connectivity index is 0.00000338. The molecule has 0 aliphatic rings. The van der Waals surface area contributed by atoms with Crippen molar-refractivity contribution in [3.63, 3.8) is 0 Å². The van der Waals surface area contributed by atoms with E-state index in [1.165, 1.54) is 12.1 Å². The van der Waals surface area contributed by atoms with E-state index in [1.54, 1.807) is 19.2 Å². The number of hydrogen-bond acceptors (Lipinski definition) is 5. The van der Waals surface area contributed by atoms with E-state index in [1.807, 2.05) is 18.2 Å². The fourth-order valence-electron chi connectivity index (χ4n) is 2.37. The largest absolute Gasteiger partial charge is 0.493 e. The van der Waals surface area contributed by atoms with E-state index in [2.05, 4.69) is 10.6 Å². The Morgan fingerprint density at radius 1 is 0.963 bits per heavy atom. The summed E-state index contributed by atoms with van der Waals surface area (Å²) in [6.45, 7) is 3.25. The first-order valence-electron chi connectivity index (χ1n) is 8.30. The number of para-hydroxylation sites is 1. The van der Waals surface area contributed by atoms with Gasteiger partial charge in [0.2, 0.25) is 0 Å². The van der Waals surface area contributed by atoms with Gasteiger partial charge >= 0.3 is 0 Å². The minimum absolute atomic E-state index is 0. The number of methoxy groups -OCH3 is 1. The van der Waals surface area contributed by atoms with Crippen molar-refractivity contribution in [3.8, 4) is 11.5 Å². The van der Waals surface area contributed by atoms with Crippen molar-refractivity contribution in [1.29, 1.82) is 0 Å². The van der Waals surface area contributed by atoms with Crippen LogP contribution in [0.4, 0.5) is 4.39 Å². The highest BCUT2D eigenvalue weighted by atomic mass is 35.5. The quantitative estimate of drug-likeness (QED) is 0.487. The second-order valence-corrected chi connectivity index (χ2v) is 5.51. The van der Waals surface area contributed by atoms with Gasteiger partial charge in [0, 0.05) is 31.7 Å². The van der Waals surface area contributed by atoms with Crippen molar-refractivity contribution < 1.29 is 19.0 Å². The molecule has 0 saturated carbocycles. The molecule has 152 valence electrons. The van der Waals surface area contributed by atoms with Gasteiger partial charge in [0.1, 0.15) is 12.4 Å². The minimum atomic E-state index is -0.263. The molecule has 0 aliphatic heterocycles. The molecule has 0 fully saturated rings. The Morgan fingerprint density at radius 2 is 1.67 bits per heavy atom. The standard InChI is InChI=1S/C19H25FN2O3.2ClH/c1-24-18-4-2-3-16(13-22-10-9-21-11-12-23)19(18)25-14-15-5-7-17(20)8-6-15;;/h2-8,21-23H,9-14H2,1H3;2*1H. The second-order valence-electron chi connectivity index (χ2n) is 5.51. The Morgan fingerprint density at radius 3 is 2.33 bits per heavy atom. The fourth-order valence-corrected chi connectivity index (χ4v) is 2.37. The average Bonchev–Trinajstić information content (AvgIpc) is 2.64. The average molecular weight is 421 g/mol. The lowest BCUT2D eigenvalue weighted by Crippen LogP contribution is -2.28. The lowest BCUT2D eigenvalue weighted by molar-refractivity contribution is 0.280. The summed E-state index contributed by atoms with van der Waals surface area (Å²) in [5.74, 6) is 1.09. The maximum absolute atomic E-state index is 13.0.